The molecule has 1 aromatic heterocycles. The second-order valence-corrected chi connectivity index (χ2v) is 8.73. The van der Waals surface area contributed by atoms with Crippen molar-refractivity contribution in [3.8, 4) is 0 Å². The highest BCUT2D eigenvalue weighted by Gasteiger charge is 2.30. The van der Waals surface area contributed by atoms with Crippen LogP contribution in [0.5, 0.6) is 0 Å². The molecule has 0 spiro atoms. The number of anilines is 1. The van der Waals surface area contributed by atoms with Crippen molar-refractivity contribution in [3.63, 3.8) is 0 Å². The van der Waals surface area contributed by atoms with Gasteiger partial charge in [-0.2, -0.15) is 0 Å². The van der Waals surface area contributed by atoms with Gasteiger partial charge >= 0.3 is 0 Å². The summed E-state index contributed by atoms with van der Waals surface area (Å²) in [6.45, 7) is 4.17. The number of benzene rings is 1. The molecule has 0 atom stereocenters. The molecule has 0 unspecified atom stereocenters. The number of rotatable bonds is 6. The Kier molecular flexibility index (Phi) is 4.96. The number of aromatic nitrogens is 2. The Morgan fingerprint density at radius 2 is 1.93 bits per heavy atom. The topological polar surface area (TPSA) is 68.1 Å². The molecule has 1 saturated heterocycles. The molecule has 2 saturated carbocycles. The molecule has 1 aromatic carbocycles. The molecule has 0 amide bonds. The first-order valence-electron chi connectivity index (χ1n) is 10.9. The van der Waals surface area contributed by atoms with E-state index in [9.17, 15) is 0 Å². The monoisotopic (exact) mass is 390 g/mol. The van der Waals surface area contributed by atoms with Crippen molar-refractivity contribution in [1.82, 2.24) is 20.2 Å². The van der Waals surface area contributed by atoms with E-state index in [1.54, 1.807) is 0 Å². The third kappa shape index (κ3) is 3.86. The number of hydrogen-bond donors (Lipinski definition) is 2. The first-order valence-corrected chi connectivity index (χ1v) is 10.9. The van der Waals surface area contributed by atoms with Crippen LogP contribution in [0.4, 0.5) is 5.69 Å². The van der Waals surface area contributed by atoms with Crippen LogP contribution in [0.3, 0.4) is 0 Å². The molecular formula is C23H30N6. The Balaban J connectivity index is 1.46. The molecule has 0 bridgehead atoms. The number of nitrogens with one attached hydrogen (secondary N) is 2. The van der Waals surface area contributed by atoms with Crippen molar-refractivity contribution in [3.05, 3.63) is 36.3 Å². The van der Waals surface area contributed by atoms with E-state index < -0.39 is 0 Å². The van der Waals surface area contributed by atoms with Gasteiger partial charge in [0.15, 0.2) is 0 Å². The minimum Gasteiger partial charge on any atom is -0.388 e. The standard InChI is InChI=1S/C23H30N6/c1-28-10-12-29(13-11-28)21-7-3-6-19-23(21)26-15-20(27-19)18(22(24)16-8-9-16)14-25-17-4-2-5-17/h3,6-7,14-17,24-25H,2,4-5,8-13H2,1H3/b18-14-,24-22?. The number of hydrogen-bond acceptors (Lipinski definition) is 6. The van der Waals surface area contributed by atoms with Crippen LogP contribution in [0.15, 0.2) is 30.6 Å². The Morgan fingerprint density at radius 1 is 1.14 bits per heavy atom. The summed E-state index contributed by atoms with van der Waals surface area (Å²) in [4.78, 5) is 14.6. The van der Waals surface area contributed by atoms with Crippen LogP contribution in [0.1, 0.15) is 37.8 Å². The molecule has 2 N–H and O–H groups in total. The molecule has 3 aliphatic rings. The molecule has 0 radical (unpaired) electrons. The fourth-order valence-electron chi connectivity index (χ4n) is 4.12. The zero-order valence-corrected chi connectivity index (χ0v) is 17.2. The second kappa shape index (κ2) is 7.75. The van der Waals surface area contributed by atoms with E-state index in [0.29, 0.717) is 17.7 Å². The van der Waals surface area contributed by atoms with E-state index in [1.165, 1.54) is 24.9 Å². The summed E-state index contributed by atoms with van der Waals surface area (Å²) in [5.41, 5.74) is 5.49. The highest BCUT2D eigenvalue weighted by atomic mass is 15.2. The quantitative estimate of drug-likeness (QED) is 0.741. The molecule has 6 nitrogen and oxygen atoms in total. The fourth-order valence-corrected chi connectivity index (χ4v) is 4.12. The van der Waals surface area contributed by atoms with Crippen molar-refractivity contribution in [2.24, 2.45) is 5.92 Å². The molecule has 2 aromatic rings. The maximum Gasteiger partial charge on any atom is 0.112 e. The predicted molar refractivity (Wildman–Crippen MR) is 118 cm³/mol. The van der Waals surface area contributed by atoms with Gasteiger partial charge < -0.3 is 20.5 Å². The van der Waals surface area contributed by atoms with Gasteiger partial charge in [-0.05, 0) is 51.3 Å². The Hall–Kier alpha value is -2.47. The minimum absolute atomic E-state index is 0.388. The van der Waals surface area contributed by atoms with Crippen LogP contribution >= 0.6 is 0 Å². The average Bonchev–Trinajstić information content (AvgIpc) is 3.55. The van der Waals surface area contributed by atoms with Crippen LogP contribution in [0.25, 0.3) is 16.6 Å². The van der Waals surface area contributed by atoms with Gasteiger partial charge in [-0.25, -0.2) is 4.98 Å². The van der Waals surface area contributed by atoms with E-state index >= 15 is 0 Å². The number of nitrogens with zero attached hydrogens (tertiary/aromatic N) is 4. The highest BCUT2D eigenvalue weighted by molar-refractivity contribution is 6.23. The van der Waals surface area contributed by atoms with Crippen molar-refractivity contribution in [1.29, 1.82) is 5.41 Å². The summed E-state index contributed by atoms with van der Waals surface area (Å²) in [6, 6.07) is 6.83. The van der Waals surface area contributed by atoms with E-state index in [0.717, 1.165) is 61.3 Å². The van der Waals surface area contributed by atoms with Crippen LogP contribution in [0, 0.1) is 11.3 Å². The first kappa shape index (κ1) is 18.6. The smallest absolute Gasteiger partial charge is 0.112 e. The van der Waals surface area contributed by atoms with Gasteiger partial charge in [0, 0.05) is 55.6 Å². The highest BCUT2D eigenvalue weighted by Crippen LogP contribution is 2.35. The summed E-state index contributed by atoms with van der Waals surface area (Å²) < 4.78 is 0. The minimum atomic E-state index is 0.388. The molecule has 152 valence electrons. The van der Waals surface area contributed by atoms with Gasteiger partial charge in [-0.1, -0.05) is 6.07 Å². The summed E-state index contributed by atoms with van der Waals surface area (Å²) in [5, 5.41) is 12.2. The molecule has 5 rings (SSSR count). The van der Waals surface area contributed by atoms with Gasteiger partial charge in [0.05, 0.1) is 23.1 Å². The van der Waals surface area contributed by atoms with E-state index in [1.807, 2.05) is 18.5 Å². The third-order valence-corrected chi connectivity index (χ3v) is 6.51. The van der Waals surface area contributed by atoms with Crippen molar-refractivity contribution >= 4 is 28.0 Å². The molecule has 1 aliphatic heterocycles. The van der Waals surface area contributed by atoms with Gasteiger partial charge in [0.1, 0.15) is 5.52 Å². The first-order chi connectivity index (χ1) is 14.2. The lowest BCUT2D eigenvalue weighted by Gasteiger charge is -2.34. The Bertz CT molecular complexity index is 936. The number of para-hydroxylation sites is 1. The zero-order valence-electron chi connectivity index (χ0n) is 17.2. The number of allylic oxidation sites excluding steroid dienone is 1. The second-order valence-electron chi connectivity index (χ2n) is 8.73. The van der Waals surface area contributed by atoms with Crippen molar-refractivity contribution < 1.29 is 0 Å². The molecule has 3 fully saturated rings. The SMILES string of the molecule is CN1CCN(c2cccc3nc(/C(=C/NC4CCC4)C(=N)C4CC4)cnc23)CC1. The van der Waals surface area contributed by atoms with Gasteiger partial charge in [-0.15, -0.1) is 0 Å². The lowest BCUT2D eigenvalue weighted by molar-refractivity contribution is 0.313. The molecule has 2 aliphatic carbocycles. The normalized spacial score (nSPS) is 21.3. The largest absolute Gasteiger partial charge is 0.388 e. The predicted octanol–water partition coefficient (Wildman–Crippen LogP) is 3.29. The molecular weight excluding hydrogens is 360 g/mol. The van der Waals surface area contributed by atoms with Crippen LogP contribution in [0.2, 0.25) is 0 Å². The van der Waals surface area contributed by atoms with E-state index in [-0.39, 0.29) is 0 Å². The molecule has 29 heavy (non-hydrogen) atoms. The summed E-state index contributed by atoms with van der Waals surface area (Å²) in [6.07, 6.45) is 9.88. The summed E-state index contributed by atoms with van der Waals surface area (Å²) in [7, 11) is 2.17. The van der Waals surface area contributed by atoms with Crippen LogP contribution in [-0.2, 0) is 0 Å². The Labute approximate surface area is 172 Å². The molecule has 2 heterocycles. The zero-order chi connectivity index (χ0) is 19.8. The van der Waals surface area contributed by atoms with Crippen molar-refractivity contribution in [2.75, 3.05) is 38.1 Å². The van der Waals surface area contributed by atoms with Gasteiger partial charge in [0.2, 0.25) is 0 Å². The van der Waals surface area contributed by atoms with E-state index in [4.69, 9.17) is 15.4 Å². The number of fused-ring (bicyclic) bond motifs is 1. The van der Waals surface area contributed by atoms with Crippen molar-refractivity contribution in [2.45, 2.75) is 38.1 Å². The maximum absolute atomic E-state index is 8.66. The van der Waals surface area contributed by atoms with Gasteiger partial charge in [0.25, 0.3) is 0 Å². The number of likely N-dealkylation sites (N-methyl/N-ethyl adjacent to an activating group) is 1. The Morgan fingerprint density at radius 3 is 2.62 bits per heavy atom. The average molecular weight is 391 g/mol. The van der Waals surface area contributed by atoms with E-state index in [2.05, 4.69) is 34.3 Å². The van der Waals surface area contributed by atoms with Crippen LogP contribution < -0.4 is 10.2 Å². The summed E-state index contributed by atoms with van der Waals surface area (Å²) >= 11 is 0. The number of piperazine rings is 1. The summed E-state index contributed by atoms with van der Waals surface area (Å²) in [5.74, 6) is 0.388. The fraction of sp³-hybridized carbons (Fsp3) is 0.522. The lowest BCUT2D eigenvalue weighted by atomic mass is 9.93. The molecule has 6 heteroatoms. The third-order valence-electron chi connectivity index (χ3n) is 6.51. The maximum atomic E-state index is 8.66. The lowest BCUT2D eigenvalue weighted by Crippen LogP contribution is -2.44. The van der Waals surface area contributed by atoms with Crippen LogP contribution in [-0.4, -0.2) is 59.8 Å². The van der Waals surface area contributed by atoms with Gasteiger partial charge in [-0.3, -0.25) is 4.98 Å².